The standard InChI is InChI=1S/C25H30FN5O3S/c1-4-30(5-2)35(33,34)19-12-10-17(3)20(16-19)25(32)27-22-15-18(11-13-21(22)26)24-29-28-23-9-7-6-8-14-31(23)24/h10-13,15-16H,4-9,14H2,1-3H3,(H,27,32). The van der Waals surface area contributed by atoms with Gasteiger partial charge in [0.25, 0.3) is 5.91 Å². The number of amides is 1. The summed E-state index contributed by atoms with van der Waals surface area (Å²) in [6, 6.07) is 8.87. The Morgan fingerprint density at radius 1 is 1.09 bits per heavy atom. The van der Waals surface area contributed by atoms with Crippen molar-refractivity contribution in [3.8, 4) is 11.4 Å². The first-order valence-corrected chi connectivity index (χ1v) is 13.3. The molecule has 0 bridgehead atoms. The summed E-state index contributed by atoms with van der Waals surface area (Å²) in [6.07, 6.45) is 4.06. The maximum absolute atomic E-state index is 14.7. The van der Waals surface area contributed by atoms with Crippen molar-refractivity contribution < 1.29 is 17.6 Å². The van der Waals surface area contributed by atoms with E-state index in [-0.39, 0.29) is 16.1 Å². The maximum Gasteiger partial charge on any atom is 0.256 e. The fraction of sp³-hybridized carbons (Fsp3) is 0.400. The summed E-state index contributed by atoms with van der Waals surface area (Å²) in [4.78, 5) is 13.2. The molecule has 0 saturated heterocycles. The molecule has 2 heterocycles. The second-order valence-electron chi connectivity index (χ2n) is 8.62. The Hall–Kier alpha value is -3.11. The summed E-state index contributed by atoms with van der Waals surface area (Å²) in [5.74, 6) is 0.368. The van der Waals surface area contributed by atoms with E-state index < -0.39 is 21.7 Å². The fourth-order valence-electron chi connectivity index (χ4n) is 4.37. The Morgan fingerprint density at radius 2 is 1.86 bits per heavy atom. The van der Waals surface area contributed by atoms with Crippen LogP contribution in [0.15, 0.2) is 41.3 Å². The van der Waals surface area contributed by atoms with Gasteiger partial charge in [0, 0.05) is 37.2 Å². The molecule has 4 rings (SSSR count). The highest BCUT2D eigenvalue weighted by Gasteiger charge is 2.24. The first-order valence-electron chi connectivity index (χ1n) is 11.9. The number of aromatic nitrogens is 3. The zero-order chi connectivity index (χ0) is 25.2. The molecule has 0 spiro atoms. The van der Waals surface area contributed by atoms with Crippen molar-refractivity contribution in [2.24, 2.45) is 0 Å². The van der Waals surface area contributed by atoms with Crippen LogP contribution in [0.3, 0.4) is 0 Å². The van der Waals surface area contributed by atoms with Gasteiger partial charge in [0.05, 0.1) is 10.6 Å². The summed E-state index contributed by atoms with van der Waals surface area (Å²) in [5, 5.41) is 11.2. The van der Waals surface area contributed by atoms with Gasteiger partial charge >= 0.3 is 0 Å². The number of hydrogen-bond acceptors (Lipinski definition) is 5. The number of anilines is 1. The number of carbonyl (C=O) groups is 1. The average Bonchev–Trinajstić information content (AvgIpc) is 3.09. The van der Waals surface area contributed by atoms with Crippen LogP contribution in [0.4, 0.5) is 10.1 Å². The first-order chi connectivity index (χ1) is 16.8. The predicted octanol–water partition coefficient (Wildman–Crippen LogP) is 4.40. The summed E-state index contributed by atoms with van der Waals surface area (Å²) >= 11 is 0. The van der Waals surface area contributed by atoms with Crippen molar-refractivity contribution in [2.45, 2.75) is 57.9 Å². The number of halogens is 1. The largest absolute Gasteiger partial charge is 0.319 e. The van der Waals surface area contributed by atoms with E-state index in [1.54, 1.807) is 39.0 Å². The minimum absolute atomic E-state index is 0.00475. The highest BCUT2D eigenvalue weighted by atomic mass is 32.2. The third-order valence-corrected chi connectivity index (χ3v) is 8.42. The molecule has 1 N–H and O–H groups in total. The summed E-state index contributed by atoms with van der Waals surface area (Å²) in [5.41, 5.74) is 1.39. The summed E-state index contributed by atoms with van der Waals surface area (Å²) in [7, 11) is -3.74. The van der Waals surface area contributed by atoms with Crippen LogP contribution < -0.4 is 5.32 Å². The normalized spacial score (nSPS) is 14.0. The van der Waals surface area contributed by atoms with Gasteiger partial charge in [-0.05, 0) is 55.7 Å². The Kier molecular flexibility index (Phi) is 7.32. The van der Waals surface area contributed by atoms with E-state index >= 15 is 0 Å². The predicted molar refractivity (Wildman–Crippen MR) is 132 cm³/mol. The molecule has 2 aromatic carbocycles. The number of hydrogen-bond donors (Lipinski definition) is 1. The van der Waals surface area contributed by atoms with Crippen molar-refractivity contribution in [3.63, 3.8) is 0 Å². The SMILES string of the molecule is CCN(CC)S(=O)(=O)c1ccc(C)c(C(=O)Nc2cc(-c3nnc4n3CCCCC4)ccc2F)c1. The molecule has 1 aromatic heterocycles. The Labute approximate surface area is 205 Å². The molecule has 0 unspecified atom stereocenters. The van der Waals surface area contributed by atoms with Crippen molar-refractivity contribution >= 4 is 21.6 Å². The van der Waals surface area contributed by atoms with E-state index in [0.29, 0.717) is 30.0 Å². The molecule has 10 heteroatoms. The van der Waals surface area contributed by atoms with Crippen molar-refractivity contribution in [3.05, 3.63) is 59.2 Å². The number of aryl methyl sites for hydroxylation is 2. The van der Waals surface area contributed by atoms with Gasteiger partial charge in [-0.2, -0.15) is 4.31 Å². The zero-order valence-electron chi connectivity index (χ0n) is 20.2. The lowest BCUT2D eigenvalue weighted by molar-refractivity contribution is 0.102. The number of nitrogens with one attached hydrogen (secondary N) is 1. The Balaban J connectivity index is 1.65. The monoisotopic (exact) mass is 499 g/mol. The van der Waals surface area contributed by atoms with Gasteiger partial charge in [0.15, 0.2) is 5.82 Å². The number of carbonyl (C=O) groups excluding carboxylic acids is 1. The van der Waals surface area contributed by atoms with Gasteiger partial charge in [0.1, 0.15) is 11.6 Å². The average molecular weight is 500 g/mol. The molecule has 0 fully saturated rings. The summed E-state index contributed by atoms with van der Waals surface area (Å²) in [6.45, 7) is 6.65. The van der Waals surface area contributed by atoms with Crippen LogP contribution in [-0.4, -0.2) is 46.5 Å². The molecule has 0 aliphatic carbocycles. The van der Waals surface area contributed by atoms with Gasteiger partial charge in [-0.1, -0.05) is 26.3 Å². The Bertz CT molecular complexity index is 1350. The molecule has 3 aromatic rings. The highest BCUT2D eigenvalue weighted by molar-refractivity contribution is 7.89. The highest BCUT2D eigenvalue weighted by Crippen LogP contribution is 2.27. The molecule has 1 aliphatic rings. The zero-order valence-corrected chi connectivity index (χ0v) is 21.0. The van der Waals surface area contributed by atoms with Crippen molar-refractivity contribution in [1.82, 2.24) is 19.1 Å². The second kappa shape index (κ2) is 10.2. The molecule has 1 aliphatic heterocycles. The van der Waals surface area contributed by atoms with Gasteiger partial charge in [-0.15, -0.1) is 10.2 Å². The molecule has 8 nitrogen and oxygen atoms in total. The lowest BCUT2D eigenvalue weighted by Crippen LogP contribution is -2.30. The molecule has 0 atom stereocenters. The lowest BCUT2D eigenvalue weighted by atomic mass is 10.1. The summed E-state index contributed by atoms with van der Waals surface area (Å²) < 4.78 is 43.9. The van der Waals surface area contributed by atoms with E-state index in [9.17, 15) is 17.6 Å². The first kappa shape index (κ1) is 25.0. The van der Waals surface area contributed by atoms with E-state index in [1.165, 1.54) is 22.5 Å². The Morgan fingerprint density at radius 3 is 2.60 bits per heavy atom. The third-order valence-electron chi connectivity index (χ3n) is 6.38. The molecular formula is C25H30FN5O3S. The van der Waals surface area contributed by atoms with Gasteiger partial charge in [-0.25, -0.2) is 12.8 Å². The molecule has 186 valence electrons. The minimum Gasteiger partial charge on any atom is -0.319 e. The smallest absolute Gasteiger partial charge is 0.256 e. The van der Waals surface area contributed by atoms with Crippen LogP contribution >= 0.6 is 0 Å². The number of rotatable bonds is 7. The van der Waals surface area contributed by atoms with Crippen LogP contribution in [-0.2, 0) is 23.0 Å². The van der Waals surface area contributed by atoms with Crippen LogP contribution in [0.5, 0.6) is 0 Å². The number of sulfonamides is 1. The van der Waals surface area contributed by atoms with Crippen molar-refractivity contribution in [2.75, 3.05) is 18.4 Å². The molecule has 0 saturated carbocycles. The number of fused-ring (bicyclic) bond motifs is 1. The maximum atomic E-state index is 14.7. The fourth-order valence-corrected chi connectivity index (χ4v) is 5.85. The molecule has 35 heavy (non-hydrogen) atoms. The van der Waals surface area contributed by atoms with Crippen LogP contribution in [0.1, 0.15) is 54.9 Å². The molecule has 1 amide bonds. The topological polar surface area (TPSA) is 97.2 Å². The van der Waals surface area contributed by atoms with E-state index in [2.05, 4.69) is 20.1 Å². The molecular weight excluding hydrogens is 469 g/mol. The number of nitrogens with zero attached hydrogens (tertiary/aromatic N) is 4. The van der Waals surface area contributed by atoms with Crippen LogP contribution in [0, 0.1) is 12.7 Å². The van der Waals surface area contributed by atoms with E-state index in [4.69, 9.17) is 0 Å². The van der Waals surface area contributed by atoms with Gasteiger partial charge in [0.2, 0.25) is 10.0 Å². The quantitative estimate of drug-likeness (QED) is 0.520. The second-order valence-corrected chi connectivity index (χ2v) is 10.6. The van der Waals surface area contributed by atoms with Crippen LogP contribution in [0.25, 0.3) is 11.4 Å². The van der Waals surface area contributed by atoms with Gasteiger partial charge in [-0.3, -0.25) is 4.79 Å². The van der Waals surface area contributed by atoms with Crippen LogP contribution in [0.2, 0.25) is 0 Å². The lowest BCUT2D eigenvalue weighted by Gasteiger charge is -2.19. The van der Waals surface area contributed by atoms with Gasteiger partial charge < -0.3 is 9.88 Å². The number of benzene rings is 2. The molecule has 0 radical (unpaired) electrons. The van der Waals surface area contributed by atoms with E-state index in [1.807, 2.05) is 0 Å². The minimum atomic E-state index is -3.74. The van der Waals surface area contributed by atoms with Crippen molar-refractivity contribution in [1.29, 1.82) is 0 Å². The third kappa shape index (κ3) is 4.99. The van der Waals surface area contributed by atoms with E-state index in [0.717, 1.165) is 38.1 Å².